The Morgan fingerprint density at radius 3 is 2.53 bits per heavy atom. The average Bonchev–Trinajstić information content (AvgIpc) is 2.41. The molecule has 98 valence electrons. The summed E-state index contributed by atoms with van der Waals surface area (Å²) < 4.78 is 0. The molecule has 1 amide bonds. The van der Waals surface area contributed by atoms with Gasteiger partial charge in [0.25, 0.3) is 0 Å². The van der Waals surface area contributed by atoms with Gasteiger partial charge in [0.1, 0.15) is 0 Å². The van der Waals surface area contributed by atoms with Crippen molar-refractivity contribution in [3.8, 4) is 0 Å². The largest absolute Gasteiger partial charge is 0.339 e. The number of nitrogens with zero attached hydrogens (tertiary/aromatic N) is 2. The van der Waals surface area contributed by atoms with Crippen LogP contribution in [0.3, 0.4) is 0 Å². The second-order valence-electron chi connectivity index (χ2n) is 4.20. The maximum Gasteiger partial charge on any atom is 0.225 e. The zero-order chi connectivity index (χ0) is 13.7. The van der Waals surface area contributed by atoms with Crippen LogP contribution in [0.1, 0.15) is 18.9 Å². The van der Waals surface area contributed by atoms with Gasteiger partial charge >= 0.3 is 0 Å². The molecule has 1 aromatic heterocycles. The van der Waals surface area contributed by atoms with Gasteiger partial charge in [0.15, 0.2) is 11.6 Å². The maximum absolute atomic E-state index is 11.2. The Bertz CT molecular complexity index is 566. The number of anilines is 3. The first-order valence-electron chi connectivity index (χ1n) is 6.14. The van der Waals surface area contributed by atoms with Gasteiger partial charge in [-0.3, -0.25) is 4.79 Å². The van der Waals surface area contributed by atoms with Crippen LogP contribution < -0.4 is 10.6 Å². The fraction of sp³-hybridized carbons (Fsp3) is 0.214. The van der Waals surface area contributed by atoms with E-state index in [4.69, 9.17) is 0 Å². The number of carbonyl (C=O) groups is 1. The van der Waals surface area contributed by atoms with Gasteiger partial charge in [-0.05, 0) is 36.8 Å². The van der Waals surface area contributed by atoms with Gasteiger partial charge in [-0.1, -0.05) is 19.1 Å². The lowest BCUT2D eigenvalue weighted by molar-refractivity contribution is -0.115. The Labute approximate surface area is 112 Å². The fourth-order valence-electron chi connectivity index (χ4n) is 1.57. The summed E-state index contributed by atoms with van der Waals surface area (Å²) in [7, 11) is 0. The van der Waals surface area contributed by atoms with E-state index in [-0.39, 0.29) is 5.91 Å². The van der Waals surface area contributed by atoms with Crippen molar-refractivity contribution in [1.82, 2.24) is 10.2 Å². The molecule has 19 heavy (non-hydrogen) atoms. The molecule has 0 radical (unpaired) electrons. The molecular formula is C14H16N4O. The van der Waals surface area contributed by atoms with E-state index in [2.05, 4.69) is 20.8 Å². The van der Waals surface area contributed by atoms with Gasteiger partial charge in [-0.2, -0.15) is 0 Å². The van der Waals surface area contributed by atoms with E-state index >= 15 is 0 Å². The zero-order valence-electron chi connectivity index (χ0n) is 11.0. The highest BCUT2D eigenvalue weighted by Crippen LogP contribution is 2.15. The van der Waals surface area contributed by atoms with E-state index in [1.54, 1.807) is 19.1 Å². The highest BCUT2D eigenvalue weighted by Gasteiger charge is 2.02. The maximum atomic E-state index is 11.2. The van der Waals surface area contributed by atoms with E-state index in [9.17, 15) is 4.79 Å². The molecule has 5 nitrogen and oxygen atoms in total. The van der Waals surface area contributed by atoms with Crippen LogP contribution in [0.25, 0.3) is 0 Å². The van der Waals surface area contributed by atoms with Gasteiger partial charge in [0.05, 0.1) is 0 Å². The molecular weight excluding hydrogens is 240 g/mol. The van der Waals surface area contributed by atoms with Crippen LogP contribution in [0.15, 0.2) is 36.4 Å². The van der Waals surface area contributed by atoms with Crippen molar-refractivity contribution in [3.63, 3.8) is 0 Å². The molecule has 1 aromatic carbocycles. The number of nitrogens with one attached hydrogen (secondary N) is 2. The molecule has 0 unspecified atom stereocenters. The van der Waals surface area contributed by atoms with Gasteiger partial charge in [0, 0.05) is 12.1 Å². The smallest absolute Gasteiger partial charge is 0.225 e. The molecule has 0 fully saturated rings. The number of benzene rings is 1. The van der Waals surface area contributed by atoms with Gasteiger partial charge < -0.3 is 10.6 Å². The highest BCUT2D eigenvalue weighted by molar-refractivity contribution is 5.89. The molecule has 1 heterocycles. The normalized spacial score (nSPS) is 10.0. The first-order valence-corrected chi connectivity index (χ1v) is 6.14. The minimum absolute atomic E-state index is 0.0753. The lowest BCUT2D eigenvalue weighted by atomic mass is 10.2. The summed E-state index contributed by atoms with van der Waals surface area (Å²) >= 11 is 0. The molecule has 0 aliphatic heterocycles. The summed E-state index contributed by atoms with van der Waals surface area (Å²) in [5, 5.41) is 13.8. The highest BCUT2D eigenvalue weighted by atomic mass is 16.1. The van der Waals surface area contributed by atoms with E-state index in [1.807, 2.05) is 31.2 Å². The lowest BCUT2D eigenvalue weighted by Gasteiger charge is -2.06. The molecule has 0 spiro atoms. The average molecular weight is 256 g/mol. The minimum atomic E-state index is -0.0753. The summed E-state index contributed by atoms with van der Waals surface area (Å²) in [6.07, 6.45) is 0.422. The SMILES string of the molecule is CCC(=O)Nc1ccc(Nc2cccc(C)c2)nn1. The molecule has 0 saturated carbocycles. The van der Waals surface area contributed by atoms with E-state index in [1.165, 1.54) is 5.56 Å². The Morgan fingerprint density at radius 2 is 1.89 bits per heavy atom. The molecule has 0 aliphatic rings. The van der Waals surface area contributed by atoms with Crippen molar-refractivity contribution in [2.75, 3.05) is 10.6 Å². The third-order valence-electron chi connectivity index (χ3n) is 2.54. The van der Waals surface area contributed by atoms with Crippen molar-refractivity contribution >= 4 is 23.2 Å². The predicted molar refractivity (Wildman–Crippen MR) is 75.4 cm³/mol. The van der Waals surface area contributed by atoms with E-state index in [0.717, 1.165) is 5.69 Å². The standard InChI is InChI=1S/C14H16N4O/c1-3-14(19)16-13-8-7-12(17-18-13)15-11-6-4-5-10(2)9-11/h4-9H,3H2,1-2H3,(H,15,17)(H,16,18,19). The van der Waals surface area contributed by atoms with Crippen molar-refractivity contribution in [2.24, 2.45) is 0 Å². The Hall–Kier alpha value is -2.43. The van der Waals surface area contributed by atoms with Crippen LogP contribution in [0, 0.1) is 6.92 Å². The van der Waals surface area contributed by atoms with Crippen LogP contribution in [-0.2, 0) is 4.79 Å². The minimum Gasteiger partial charge on any atom is -0.339 e. The third kappa shape index (κ3) is 3.77. The molecule has 2 aromatic rings. The molecule has 2 rings (SSSR count). The van der Waals surface area contributed by atoms with Crippen LogP contribution in [0.2, 0.25) is 0 Å². The quantitative estimate of drug-likeness (QED) is 0.882. The van der Waals surface area contributed by atoms with Gasteiger partial charge in [-0.15, -0.1) is 10.2 Å². The van der Waals surface area contributed by atoms with Crippen LogP contribution in [0.4, 0.5) is 17.3 Å². The van der Waals surface area contributed by atoms with Crippen molar-refractivity contribution < 1.29 is 4.79 Å². The van der Waals surface area contributed by atoms with Crippen LogP contribution >= 0.6 is 0 Å². The Morgan fingerprint density at radius 1 is 1.16 bits per heavy atom. The molecule has 0 atom stereocenters. The van der Waals surface area contributed by atoms with Gasteiger partial charge in [-0.25, -0.2) is 0 Å². The molecule has 2 N–H and O–H groups in total. The second kappa shape index (κ2) is 5.95. The lowest BCUT2D eigenvalue weighted by Crippen LogP contribution is -2.11. The number of carbonyl (C=O) groups excluding carboxylic acids is 1. The summed E-state index contributed by atoms with van der Waals surface area (Å²) in [6.45, 7) is 3.82. The number of hydrogen-bond donors (Lipinski definition) is 2. The van der Waals surface area contributed by atoms with Crippen molar-refractivity contribution in [2.45, 2.75) is 20.3 Å². The second-order valence-corrected chi connectivity index (χ2v) is 4.20. The third-order valence-corrected chi connectivity index (χ3v) is 2.54. The topological polar surface area (TPSA) is 66.9 Å². The molecule has 0 bridgehead atoms. The number of hydrogen-bond acceptors (Lipinski definition) is 4. The number of amides is 1. The Kier molecular flexibility index (Phi) is 4.07. The first-order chi connectivity index (χ1) is 9.17. The zero-order valence-corrected chi connectivity index (χ0v) is 11.0. The monoisotopic (exact) mass is 256 g/mol. The fourth-order valence-corrected chi connectivity index (χ4v) is 1.57. The van der Waals surface area contributed by atoms with Crippen molar-refractivity contribution in [1.29, 1.82) is 0 Å². The molecule has 0 saturated heterocycles. The summed E-state index contributed by atoms with van der Waals surface area (Å²) in [5.41, 5.74) is 2.13. The number of rotatable bonds is 4. The molecule has 0 aliphatic carbocycles. The predicted octanol–water partition coefficient (Wildman–Crippen LogP) is 2.88. The van der Waals surface area contributed by atoms with Gasteiger partial charge in [0.2, 0.25) is 5.91 Å². The van der Waals surface area contributed by atoms with Crippen LogP contribution in [0.5, 0.6) is 0 Å². The summed E-state index contributed by atoms with van der Waals surface area (Å²) in [6, 6.07) is 11.5. The number of aryl methyl sites for hydroxylation is 1. The molecule has 5 heteroatoms. The van der Waals surface area contributed by atoms with Crippen LogP contribution in [-0.4, -0.2) is 16.1 Å². The Balaban J connectivity index is 2.04. The summed E-state index contributed by atoms with van der Waals surface area (Å²) in [4.78, 5) is 11.2. The first kappa shape index (κ1) is 13.0. The number of aromatic nitrogens is 2. The van der Waals surface area contributed by atoms with Crippen molar-refractivity contribution in [3.05, 3.63) is 42.0 Å². The van der Waals surface area contributed by atoms with E-state index < -0.39 is 0 Å². The van der Waals surface area contributed by atoms with E-state index in [0.29, 0.717) is 18.1 Å². The summed E-state index contributed by atoms with van der Waals surface area (Å²) in [5.74, 6) is 1.02.